The Morgan fingerprint density at radius 2 is 2.04 bits per heavy atom. The van der Waals surface area contributed by atoms with Crippen LogP contribution in [0.4, 0.5) is 0 Å². The van der Waals surface area contributed by atoms with E-state index in [1.165, 1.54) is 0 Å². The second-order valence-corrected chi connectivity index (χ2v) is 7.71. The van der Waals surface area contributed by atoms with Crippen molar-refractivity contribution in [3.8, 4) is 5.75 Å². The van der Waals surface area contributed by atoms with Crippen LogP contribution in [-0.2, 0) is 11.3 Å². The van der Waals surface area contributed by atoms with Crippen LogP contribution >= 0.6 is 0 Å². The van der Waals surface area contributed by atoms with Gasteiger partial charge in [0.25, 0.3) is 5.91 Å². The Hall–Kier alpha value is -2.38. The number of hydrogen-bond acceptors (Lipinski definition) is 6. The van der Waals surface area contributed by atoms with E-state index < -0.39 is 0 Å². The number of morpholine rings is 1. The van der Waals surface area contributed by atoms with E-state index in [2.05, 4.69) is 29.2 Å². The molecule has 1 aromatic heterocycles. The lowest BCUT2D eigenvalue weighted by Gasteiger charge is -2.40. The van der Waals surface area contributed by atoms with Crippen LogP contribution in [-0.4, -0.2) is 54.4 Å². The molecule has 7 nitrogen and oxygen atoms in total. The summed E-state index contributed by atoms with van der Waals surface area (Å²) in [5, 5.41) is 6.98. The molecule has 1 fully saturated rings. The van der Waals surface area contributed by atoms with Crippen LogP contribution in [0.1, 0.15) is 41.2 Å². The highest BCUT2D eigenvalue weighted by atomic mass is 16.5. The summed E-state index contributed by atoms with van der Waals surface area (Å²) in [4.78, 5) is 15.0. The molecule has 2 aromatic rings. The monoisotopic (exact) mass is 387 g/mol. The predicted octanol–water partition coefficient (Wildman–Crippen LogP) is 2.71. The van der Waals surface area contributed by atoms with Crippen LogP contribution in [0.2, 0.25) is 0 Å². The predicted molar refractivity (Wildman–Crippen MR) is 106 cm³/mol. The van der Waals surface area contributed by atoms with Gasteiger partial charge in [-0.2, -0.15) is 0 Å². The largest absolute Gasteiger partial charge is 0.489 e. The van der Waals surface area contributed by atoms with Gasteiger partial charge in [0.05, 0.1) is 24.5 Å². The number of aryl methyl sites for hydroxylation is 2. The van der Waals surface area contributed by atoms with Crippen molar-refractivity contribution in [2.45, 2.75) is 39.8 Å². The van der Waals surface area contributed by atoms with Crippen molar-refractivity contribution in [2.24, 2.45) is 0 Å². The topological polar surface area (TPSA) is 76.8 Å². The van der Waals surface area contributed by atoms with Crippen molar-refractivity contribution in [1.29, 1.82) is 0 Å². The first-order valence-corrected chi connectivity index (χ1v) is 9.62. The van der Waals surface area contributed by atoms with Gasteiger partial charge < -0.3 is 19.3 Å². The molecule has 0 bridgehead atoms. The number of benzene rings is 1. The number of rotatable bonds is 7. The molecule has 0 unspecified atom stereocenters. The molecule has 3 rings (SSSR count). The lowest BCUT2D eigenvalue weighted by atomic mass is 10.0. The molecule has 0 atom stereocenters. The van der Waals surface area contributed by atoms with Gasteiger partial charge >= 0.3 is 0 Å². The third-order valence-electron chi connectivity index (χ3n) is 5.21. The maximum absolute atomic E-state index is 12.6. The quantitative estimate of drug-likeness (QED) is 0.787. The molecule has 1 aromatic carbocycles. The van der Waals surface area contributed by atoms with E-state index >= 15 is 0 Å². The van der Waals surface area contributed by atoms with Gasteiger partial charge in [0.2, 0.25) is 0 Å². The number of nitrogens with zero attached hydrogens (tertiary/aromatic N) is 2. The van der Waals surface area contributed by atoms with Crippen molar-refractivity contribution >= 4 is 5.91 Å². The number of hydrogen-bond donors (Lipinski definition) is 1. The second-order valence-electron chi connectivity index (χ2n) is 7.71. The van der Waals surface area contributed by atoms with E-state index in [9.17, 15) is 4.79 Å². The maximum Gasteiger partial charge on any atom is 0.251 e. The Balaban J connectivity index is 1.57. The zero-order valence-electron chi connectivity index (χ0n) is 17.1. The third kappa shape index (κ3) is 4.91. The van der Waals surface area contributed by atoms with Crippen molar-refractivity contribution in [3.05, 3.63) is 46.8 Å². The van der Waals surface area contributed by atoms with Crippen LogP contribution in [0.5, 0.6) is 5.75 Å². The molecule has 1 saturated heterocycles. The molecule has 0 aliphatic carbocycles. The second kappa shape index (κ2) is 8.75. The minimum Gasteiger partial charge on any atom is -0.489 e. The van der Waals surface area contributed by atoms with E-state index in [1.54, 1.807) is 12.1 Å². The Labute approximate surface area is 166 Å². The van der Waals surface area contributed by atoms with Crippen LogP contribution in [0.3, 0.4) is 0 Å². The van der Waals surface area contributed by atoms with Crippen LogP contribution in [0.15, 0.2) is 28.8 Å². The van der Waals surface area contributed by atoms with Gasteiger partial charge in [-0.1, -0.05) is 11.2 Å². The van der Waals surface area contributed by atoms with E-state index in [4.69, 9.17) is 14.0 Å². The Morgan fingerprint density at radius 3 is 2.71 bits per heavy atom. The number of carbonyl (C=O) groups is 1. The SMILES string of the molecule is Cc1noc(C)c1COc1cccc(C(=O)NCC(C)(C)N2CCOCC2)c1. The highest BCUT2D eigenvalue weighted by Gasteiger charge is 2.28. The van der Waals surface area contributed by atoms with Gasteiger partial charge in [0, 0.05) is 30.7 Å². The average Bonchev–Trinajstić information content (AvgIpc) is 3.03. The van der Waals surface area contributed by atoms with E-state index in [1.807, 2.05) is 26.0 Å². The fraction of sp³-hybridized carbons (Fsp3) is 0.524. The minimum atomic E-state index is -0.128. The molecular weight excluding hydrogens is 358 g/mol. The molecule has 0 saturated carbocycles. The summed E-state index contributed by atoms with van der Waals surface area (Å²) >= 11 is 0. The molecule has 28 heavy (non-hydrogen) atoms. The first-order valence-electron chi connectivity index (χ1n) is 9.62. The van der Waals surface area contributed by atoms with Crippen LogP contribution in [0.25, 0.3) is 0 Å². The van der Waals surface area contributed by atoms with Crippen molar-refractivity contribution < 1.29 is 18.8 Å². The van der Waals surface area contributed by atoms with Gasteiger partial charge in [0.1, 0.15) is 18.1 Å². The Kier molecular flexibility index (Phi) is 6.36. The zero-order chi connectivity index (χ0) is 20.1. The van der Waals surface area contributed by atoms with E-state index in [0.29, 0.717) is 24.5 Å². The minimum absolute atomic E-state index is 0.107. The van der Waals surface area contributed by atoms with E-state index in [-0.39, 0.29) is 11.4 Å². The highest BCUT2D eigenvalue weighted by molar-refractivity contribution is 5.94. The van der Waals surface area contributed by atoms with Crippen LogP contribution < -0.4 is 10.1 Å². The highest BCUT2D eigenvalue weighted by Crippen LogP contribution is 2.19. The van der Waals surface area contributed by atoms with E-state index in [0.717, 1.165) is 43.3 Å². The zero-order valence-corrected chi connectivity index (χ0v) is 17.1. The summed E-state index contributed by atoms with van der Waals surface area (Å²) in [6.45, 7) is 12.2. The van der Waals surface area contributed by atoms with Gasteiger partial charge in [-0.25, -0.2) is 0 Å². The van der Waals surface area contributed by atoms with Crippen molar-refractivity contribution in [2.75, 3.05) is 32.8 Å². The summed E-state index contributed by atoms with van der Waals surface area (Å²) in [6.07, 6.45) is 0. The molecule has 2 heterocycles. The fourth-order valence-corrected chi connectivity index (χ4v) is 3.27. The molecular formula is C21H29N3O4. The molecule has 0 radical (unpaired) electrons. The maximum atomic E-state index is 12.6. The van der Waals surface area contributed by atoms with Crippen molar-refractivity contribution in [3.63, 3.8) is 0 Å². The molecule has 1 N–H and O–H groups in total. The molecule has 1 aliphatic heterocycles. The molecule has 0 spiro atoms. The smallest absolute Gasteiger partial charge is 0.251 e. The third-order valence-corrected chi connectivity index (χ3v) is 5.21. The van der Waals surface area contributed by atoms with Crippen molar-refractivity contribution in [1.82, 2.24) is 15.4 Å². The van der Waals surface area contributed by atoms with Gasteiger partial charge in [-0.15, -0.1) is 0 Å². The number of aromatic nitrogens is 1. The average molecular weight is 387 g/mol. The van der Waals surface area contributed by atoms with Gasteiger partial charge in [0.15, 0.2) is 0 Å². The molecule has 152 valence electrons. The number of ether oxygens (including phenoxy) is 2. The Bertz CT molecular complexity index is 790. The van der Waals surface area contributed by atoms with Gasteiger partial charge in [-0.05, 0) is 45.9 Å². The summed E-state index contributed by atoms with van der Waals surface area (Å²) in [6, 6.07) is 7.21. The summed E-state index contributed by atoms with van der Waals surface area (Å²) < 4.78 is 16.4. The Morgan fingerprint density at radius 1 is 1.29 bits per heavy atom. The molecule has 1 aliphatic rings. The number of carbonyl (C=O) groups excluding carboxylic acids is 1. The molecule has 7 heteroatoms. The molecule has 1 amide bonds. The number of amides is 1. The normalized spacial score (nSPS) is 15.4. The summed E-state index contributed by atoms with van der Waals surface area (Å²) in [5.41, 5.74) is 2.20. The standard InChI is InChI=1S/C21H29N3O4/c1-15-19(16(2)28-23-15)13-27-18-7-5-6-17(12-18)20(25)22-14-21(3,4)24-8-10-26-11-9-24/h5-7,12H,8-11,13-14H2,1-4H3,(H,22,25). The van der Waals surface area contributed by atoms with Crippen LogP contribution in [0, 0.1) is 13.8 Å². The first-order chi connectivity index (χ1) is 13.4. The first kappa shape index (κ1) is 20.4. The lowest BCUT2D eigenvalue weighted by Crippen LogP contribution is -2.55. The van der Waals surface area contributed by atoms with Gasteiger partial charge in [-0.3, -0.25) is 9.69 Å². The summed E-state index contributed by atoms with van der Waals surface area (Å²) in [7, 11) is 0. The lowest BCUT2D eigenvalue weighted by molar-refractivity contribution is -0.00923. The summed E-state index contributed by atoms with van der Waals surface area (Å²) in [5.74, 6) is 1.28. The fourth-order valence-electron chi connectivity index (χ4n) is 3.27. The number of nitrogens with one attached hydrogen (secondary N) is 1.